The topological polar surface area (TPSA) is 91.6 Å². The lowest BCUT2D eigenvalue weighted by molar-refractivity contribution is 0.0907. The maximum atomic E-state index is 13.5. The van der Waals surface area contributed by atoms with E-state index in [9.17, 15) is 19.1 Å². The van der Waals surface area contributed by atoms with Gasteiger partial charge in [0.15, 0.2) is 0 Å². The van der Waals surface area contributed by atoms with E-state index in [4.69, 9.17) is 4.42 Å². The minimum Gasteiger partial charge on any atom is -0.455 e. The van der Waals surface area contributed by atoms with Crippen LogP contribution in [0.3, 0.4) is 0 Å². The fourth-order valence-corrected chi connectivity index (χ4v) is 4.29. The largest absolute Gasteiger partial charge is 0.455 e. The smallest absolute Gasteiger partial charge is 0.255 e. The molecule has 0 aliphatic rings. The van der Waals surface area contributed by atoms with Crippen molar-refractivity contribution < 1.29 is 23.5 Å². The van der Waals surface area contributed by atoms with Gasteiger partial charge in [0.2, 0.25) is 0 Å². The molecule has 0 spiro atoms. The standard InChI is InChI=1S/C29H29FN2O4/c1-17(2)13-23(16-33)32-28(34)21-6-4-5-19(14-21)20-9-12-25-24(15-20)26(29(35)31-3)27(36-25)18-7-10-22(30)11-8-18/h4-12,14-15,17,23,33H,13,16H2,1-3H3,(H,31,35)(H,32,34)/t23-/m1/s1. The summed E-state index contributed by atoms with van der Waals surface area (Å²) in [5.74, 6) is -0.263. The van der Waals surface area contributed by atoms with Crippen LogP contribution in [0.1, 0.15) is 41.0 Å². The molecule has 36 heavy (non-hydrogen) atoms. The van der Waals surface area contributed by atoms with Crippen molar-refractivity contribution >= 4 is 22.8 Å². The van der Waals surface area contributed by atoms with Crippen LogP contribution in [0.25, 0.3) is 33.4 Å². The summed E-state index contributed by atoms with van der Waals surface area (Å²) in [6, 6.07) is 18.1. The molecule has 7 heteroatoms. The monoisotopic (exact) mass is 488 g/mol. The molecule has 1 heterocycles. The zero-order valence-electron chi connectivity index (χ0n) is 20.5. The van der Waals surface area contributed by atoms with E-state index in [0.717, 1.165) is 11.1 Å². The summed E-state index contributed by atoms with van der Waals surface area (Å²) in [4.78, 5) is 25.7. The first-order valence-electron chi connectivity index (χ1n) is 11.9. The number of benzene rings is 3. The van der Waals surface area contributed by atoms with Crippen molar-refractivity contribution in [3.05, 3.63) is 83.7 Å². The van der Waals surface area contributed by atoms with Gasteiger partial charge in [0, 0.05) is 23.6 Å². The number of aliphatic hydroxyl groups is 1. The highest BCUT2D eigenvalue weighted by atomic mass is 19.1. The van der Waals surface area contributed by atoms with Crippen LogP contribution in [0.15, 0.2) is 71.1 Å². The maximum Gasteiger partial charge on any atom is 0.255 e. The molecule has 0 aliphatic heterocycles. The average Bonchev–Trinajstić information content (AvgIpc) is 3.26. The SMILES string of the molecule is CNC(=O)c1c(-c2ccc(F)cc2)oc2ccc(-c3cccc(C(=O)N[C@@H](CO)CC(C)C)c3)cc12. The van der Waals surface area contributed by atoms with Crippen LogP contribution in [0.4, 0.5) is 4.39 Å². The van der Waals surface area contributed by atoms with Crippen molar-refractivity contribution in [1.82, 2.24) is 10.6 Å². The van der Waals surface area contributed by atoms with Gasteiger partial charge in [0.1, 0.15) is 17.2 Å². The maximum absolute atomic E-state index is 13.5. The molecule has 0 aliphatic carbocycles. The van der Waals surface area contributed by atoms with Gasteiger partial charge in [0.25, 0.3) is 11.8 Å². The Bertz CT molecular complexity index is 1390. The van der Waals surface area contributed by atoms with Gasteiger partial charge in [0.05, 0.1) is 18.2 Å². The highest BCUT2D eigenvalue weighted by Gasteiger charge is 2.22. The molecule has 0 saturated heterocycles. The molecule has 0 radical (unpaired) electrons. The van der Waals surface area contributed by atoms with E-state index in [1.54, 1.807) is 43.4 Å². The fourth-order valence-electron chi connectivity index (χ4n) is 4.29. The van der Waals surface area contributed by atoms with Crippen LogP contribution in [-0.2, 0) is 0 Å². The van der Waals surface area contributed by atoms with Crippen LogP contribution in [0, 0.1) is 11.7 Å². The van der Waals surface area contributed by atoms with E-state index in [-0.39, 0.29) is 30.3 Å². The van der Waals surface area contributed by atoms with Gasteiger partial charge >= 0.3 is 0 Å². The molecule has 1 atom stereocenters. The zero-order chi connectivity index (χ0) is 25.8. The number of aliphatic hydroxyl groups excluding tert-OH is 1. The molecule has 186 valence electrons. The van der Waals surface area contributed by atoms with Gasteiger partial charge in [-0.05, 0) is 72.0 Å². The molecule has 0 fully saturated rings. The Balaban J connectivity index is 1.72. The van der Waals surface area contributed by atoms with Gasteiger partial charge in [-0.25, -0.2) is 4.39 Å². The number of fused-ring (bicyclic) bond motifs is 1. The Morgan fingerprint density at radius 1 is 0.944 bits per heavy atom. The van der Waals surface area contributed by atoms with Gasteiger partial charge in [-0.15, -0.1) is 0 Å². The lowest BCUT2D eigenvalue weighted by atomic mass is 9.98. The number of carbonyl (C=O) groups excluding carboxylic acids is 2. The van der Waals surface area contributed by atoms with E-state index in [0.29, 0.717) is 45.8 Å². The summed E-state index contributed by atoms with van der Waals surface area (Å²) in [6.07, 6.45) is 0.678. The molecule has 3 N–H and O–H groups in total. The van der Waals surface area contributed by atoms with Crippen molar-refractivity contribution in [1.29, 1.82) is 0 Å². The van der Waals surface area contributed by atoms with Crippen molar-refractivity contribution in [2.75, 3.05) is 13.7 Å². The molecule has 6 nitrogen and oxygen atoms in total. The van der Waals surface area contributed by atoms with E-state index in [2.05, 4.69) is 10.6 Å². The summed E-state index contributed by atoms with van der Waals surface area (Å²) in [7, 11) is 1.54. The summed E-state index contributed by atoms with van der Waals surface area (Å²) in [5, 5.41) is 15.8. The predicted molar refractivity (Wildman–Crippen MR) is 138 cm³/mol. The number of hydrogen-bond donors (Lipinski definition) is 3. The molecule has 2 amide bonds. The van der Waals surface area contributed by atoms with E-state index < -0.39 is 0 Å². The Morgan fingerprint density at radius 3 is 2.31 bits per heavy atom. The molecule has 1 aromatic heterocycles. The number of hydrogen-bond acceptors (Lipinski definition) is 4. The Morgan fingerprint density at radius 2 is 1.64 bits per heavy atom. The molecule has 4 aromatic rings. The highest BCUT2D eigenvalue weighted by molar-refractivity contribution is 6.11. The third-order valence-electron chi connectivity index (χ3n) is 6.02. The minimum absolute atomic E-state index is 0.126. The molecular formula is C29H29FN2O4. The van der Waals surface area contributed by atoms with Crippen LogP contribution in [0.2, 0.25) is 0 Å². The van der Waals surface area contributed by atoms with E-state index >= 15 is 0 Å². The van der Waals surface area contributed by atoms with Gasteiger partial charge in [-0.2, -0.15) is 0 Å². The van der Waals surface area contributed by atoms with Gasteiger partial charge in [-0.1, -0.05) is 32.0 Å². The second-order valence-corrected chi connectivity index (χ2v) is 9.17. The quantitative estimate of drug-likeness (QED) is 0.310. The summed E-state index contributed by atoms with van der Waals surface area (Å²) < 4.78 is 19.5. The molecule has 3 aromatic carbocycles. The number of carbonyl (C=O) groups is 2. The van der Waals surface area contributed by atoms with Crippen molar-refractivity contribution in [2.24, 2.45) is 5.92 Å². The normalized spacial score (nSPS) is 12.1. The number of nitrogens with one attached hydrogen (secondary N) is 2. The van der Waals surface area contributed by atoms with Gasteiger partial charge in [-0.3, -0.25) is 9.59 Å². The van der Waals surface area contributed by atoms with E-state index in [1.165, 1.54) is 12.1 Å². The highest BCUT2D eigenvalue weighted by Crippen LogP contribution is 2.36. The van der Waals surface area contributed by atoms with Gasteiger partial charge < -0.3 is 20.2 Å². The zero-order valence-corrected chi connectivity index (χ0v) is 20.5. The number of halogens is 1. The lowest BCUT2D eigenvalue weighted by Crippen LogP contribution is -2.38. The molecule has 4 rings (SSSR count). The van der Waals surface area contributed by atoms with Crippen molar-refractivity contribution in [3.63, 3.8) is 0 Å². The molecule has 0 unspecified atom stereocenters. The summed E-state index contributed by atoms with van der Waals surface area (Å²) in [6.45, 7) is 3.95. The minimum atomic E-state index is -0.378. The van der Waals surface area contributed by atoms with Crippen molar-refractivity contribution in [2.45, 2.75) is 26.3 Å². The fraction of sp³-hybridized carbons (Fsp3) is 0.241. The van der Waals surface area contributed by atoms with Crippen LogP contribution in [0.5, 0.6) is 0 Å². The first-order chi connectivity index (χ1) is 17.3. The first kappa shape index (κ1) is 25.1. The average molecular weight is 489 g/mol. The third kappa shape index (κ3) is 5.31. The van der Waals surface area contributed by atoms with E-state index in [1.807, 2.05) is 32.0 Å². The second-order valence-electron chi connectivity index (χ2n) is 9.17. The Kier molecular flexibility index (Phi) is 7.50. The van der Waals surface area contributed by atoms with Crippen LogP contribution < -0.4 is 10.6 Å². The third-order valence-corrected chi connectivity index (χ3v) is 6.02. The van der Waals surface area contributed by atoms with Crippen molar-refractivity contribution in [3.8, 4) is 22.5 Å². The Hall–Kier alpha value is -3.97. The number of furan rings is 1. The second kappa shape index (κ2) is 10.7. The summed E-state index contributed by atoms with van der Waals surface area (Å²) in [5.41, 5.74) is 3.53. The van der Waals surface area contributed by atoms with Crippen LogP contribution >= 0.6 is 0 Å². The predicted octanol–water partition coefficient (Wildman–Crippen LogP) is 5.40. The molecule has 0 bridgehead atoms. The first-order valence-corrected chi connectivity index (χ1v) is 11.9. The summed E-state index contributed by atoms with van der Waals surface area (Å²) >= 11 is 0. The number of rotatable bonds is 8. The molecular weight excluding hydrogens is 459 g/mol. The number of amides is 2. The Labute approximate surface area is 209 Å². The lowest BCUT2D eigenvalue weighted by Gasteiger charge is -2.18. The molecule has 0 saturated carbocycles. The van der Waals surface area contributed by atoms with Crippen LogP contribution in [-0.4, -0.2) is 36.6 Å².